The molecule has 8 nitrogen and oxygen atoms in total. The van der Waals surface area contributed by atoms with Crippen LogP contribution < -0.4 is 113 Å². The summed E-state index contributed by atoms with van der Waals surface area (Å²) in [6.07, 6.45) is 0. The van der Waals surface area contributed by atoms with Gasteiger partial charge in [0.25, 0.3) is 0 Å². The second-order valence-corrected chi connectivity index (χ2v) is 4.26. The van der Waals surface area contributed by atoms with Gasteiger partial charge in [-0.1, -0.05) is 12.1 Å². The molecule has 0 bridgehead atoms. The number of aromatic carboxylic acids is 4. The van der Waals surface area contributed by atoms with Crippen LogP contribution in [0.1, 0.15) is 41.4 Å². The summed E-state index contributed by atoms with van der Waals surface area (Å²) in [6, 6.07) is 3.45. The quantitative estimate of drug-likeness (QED) is 0.496. The standard InChI is InChI=1S/C14H8O8.2K/c15-11(16)5-1-2-6(12(17)18)10-8(14(21)22)4-3-7(9(5)10)13(19)20;;/h1-4H,(H,15,16)(H,17,18)(H,19,20)(H,21,22);;/q;2*+1/p-2. The van der Waals surface area contributed by atoms with Crippen LogP contribution in [0.15, 0.2) is 24.3 Å². The van der Waals surface area contributed by atoms with Crippen LogP contribution in [-0.2, 0) is 0 Å². The number of hydrogen-bond donors (Lipinski definition) is 2. The van der Waals surface area contributed by atoms with Gasteiger partial charge in [0.15, 0.2) is 0 Å². The monoisotopic (exact) mass is 380 g/mol. The SMILES string of the molecule is O=C([O-])c1ccc(C(=O)O)c2c(C(=O)O)ccc(C(=O)[O-])c12.[K+].[K+]. The van der Waals surface area contributed by atoms with Crippen LogP contribution >= 0.6 is 0 Å². The van der Waals surface area contributed by atoms with Crippen LogP contribution in [0.4, 0.5) is 0 Å². The molecule has 2 aromatic carbocycles. The average Bonchev–Trinajstić information content (AvgIpc) is 2.43. The number of carbonyl (C=O) groups is 4. The Balaban J connectivity index is 0.00000264. The van der Waals surface area contributed by atoms with Gasteiger partial charge in [-0.05, 0) is 12.1 Å². The largest absolute Gasteiger partial charge is 1.00 e. The van der Waals surface area contributed by atoms with Crippen molar-refractivity contribution in [2.24, 2.45) is 0 Å². The molecule has 2 N–H and O–H groups in total. The van der Waals surface area contributed by atoms with Crippen molar-refractivity contribution in [1.29, 1.82) is 0 Å². The second kappa shape index (κ2) is 9.52. The predicted molar refractivity (Wildman–Crippen MR) is 66.5 cm³/mol. The van der Waals surface area contributed by atoms with E-state index in [1.54, 1.807) is 0 Å². The Hall–Kier alpha value is -0.147. The van der Waals surface area contributed by atoms with Crippen molar-refractivity contribution in [3.8, 4) is 0 Å². The number of carboxylic acids is 4. The molecule has 0 aliphatic carbocycles. The first-order chi connectivity index (χ1) is 10.3. The molecular weight excluding hydrogens is 374 g/mol. The first-order valence-corrected chi connectivity index (χ1v) is 5.74. The fourth-order valence-corrected chi connectivity index (χ4v) is 2.19. The van der Waals surface area contributed by atoms with Gasteiger partial charge >= 0.3 is 115 Å². The van der Waals surface area contributed by atoms with Crippen molar-refractivity contribution in [1.82, 2.24) is 0 Å². The van der Waals surface area contributed by atoms with Crippen molar-refractivity contribution in [3.05, 3.63) is 46.5 Å². The zero-order valence-electron chi connectivity index (χ0n) is 12.7. The summed E-state index contributed by atoms with van der Waals surface area (Å²) in [4.78, 5) is 44.7. The third kappa shape index (κ3) is 4.52. The number of hydrogen-bond acceptors (Lipinski definition) is 6. The Morgan fingerprint density at radius 2 is 0.875 bits per heavy atom. The number of benzene rings is 2. The van der Waals surface area contributed by atoms with Crippen LogP contribution in [0.25, 0.3) is 10.8 Å². The van der Waals surface area contributed by atoms with Crippen molar-refractivity contribution in [3.63, 3.8) is 0 Å². The molecule has 2 aromatic rings. The summed E-state index contributed by atoms with van der Waals surface area (Å²) in [5, 5.41) is 39.5. The normalized spacial score (nSPS) is 9.50. The van der Waals surface area contributed by atoms with Gasteiger partial charge in [0, 0.05) is 21.9 Å². The fraction of sp³-hybridized carbons (Fsp3) is 0. The number of rotatable bonds is 4. The maximum Gasteiger partial charge on any atom is 1.00 e. The van der Waals surface area contributed by atoms with Gasteiger partial charge in [-0.2, -0.15) is 0 Å². The van der Waals surface area contributed by atoms with E-state index in [-0.39, 0.29) is 103 Å². The van der Waals surface area contributed by atoms with E-state index < -0.39 is 56.9 Å². The van der Waals surface area contributed by atoms with Crippen LogP contribution in [0.3, 0.4) is 0 Å². The summed E-state index contributed by atoms with van der Waals surface area (Å²) < 4.78 is 0. The molecule has 24 heavy (non-hydrogen) atoms. The molecule has 0 fully saturated rings. The predicted octanol–water partition coefficient (Wildman–Crippen LogP) is -7.03. The third-order valence-electron chi connectivity index (χ3n) is 3.06. The molecule has 0 spiro atoms. The van der Waals surface area contributed by atoms with Crippen molar-refractivity contribution in [2.45, 2.75) is 0 Å². The first-order valence-electron chi connectivity index (χ1n) is 5.74. The van der Waals surface area contributed by atoms with E-state index in [2.05, 4.69) is 0 Å². The van der Waals surface area contributed by atoms with Crippen molar-refractivity contribution >= 4 is 34.6 Å². The van der Waals surface area contributed by atoms with Crippen LogP contribution in [-0.4, -0.2) is 34.1 Å². The molecule has 0 atom stereocenters. The molecular formula is C14H6K2O8. The Labute approximate surface area is 219 Å². The van der Waals surface area contributed by atoms with Gasteiger partial charge in [-0.15, -0.1) is 0 Å². The van der Waals surface area contributed by atoms with E-state index in [1.165, 1.54) is 0 Å². The molecule has 0 heterocycles. The molecule has 10 heteroatoms. The molecule has 2 rings (SSSR count). The summed E-state index contributed by atoms with van der Waals surface area (Å²) in [6.45, 7) is 0. The Morgan fingerprint density at radius 3 is 1.12 bits per heavy atom. The number of fused-ring (bicyclic) bond motifs is 1. The molecule has 0 saturated carbocycles. The summed E-state index contributed by atoms with van der Waals surface area (Å²) in [5.41, 5.74) is -2.36. The van der Waals surface area contributed by atoms with E-state index in [4.69, 9.17) is 10.2 Å². The second-order valence-electron chi connectivity index (χ2n) is 4.26. The van der Waals surface area contributed by atoms with E-state index in [0.29, 0.717) is 0 Å². The minimum absolute atomic E-state index is 0. The molecule has 0 radical (unpaired) electrons. The molecule has 0 aromatic heterocycles. The zero-order chi connectivity index (χ0) is 16.6. The van der Waals surface area contributed by atoms with Gasteiger partial charge in [0.1, 0.15) is 0 Å². The Morgan fingerprint density at radius 1 is 0.625 bits per heavy atom. The van der Waals surface area contributed by atoms with Gasteiger partial charge < -0.3 is 30.0 Å². The summed E-state index contributed by atoms with van der Waals surface area (Å²) in [7, 11) is 0. The third-order valence-corrected chi connectivity index (χ3v) is 3.06. The van der Waals surface area contributed by atoms with Gasteiger partial charge in [-0.25, -0.2) is 9.59 Å². The topological polar surface area (TPSA) is 155 Å². The maximum absolute atomic E-state index is 11.2. The molecule has 0 saturated heterocycles. The van der Waals surface area contributed by atoms with E-state index in [1.807, 2.05) is 0 Å². The summed E-state index contributed by atoms with van der Waals surface area (Å²) >= 11 is 0. The average molecular weight is 380 g/mol. The van der Waals surface area contributed by atoms with E-state index in [0.717, 1.165) is 24.3 Å². The number of carboxylic acid groups (broad SMARTS) is 4. The van der Waals surface area contributed by atoms with Crippen LogP contribution in [0.5, 0.6) is 0 Å². The Kier molecular flexibility index (Phi) is 9.46. The van der Waals surface area contributed by atoms with Crippen LogP contribution in [0.2, 0.25) is 0 Å². The van der Waals surface area contributed by atoms with E-state index in [9.17, 15) is 29.4 Å². The van der Waals surface area contributed by atoms with Gasteiger partial charge in [0.2, 0.25) is 0 Å². The van der Waals surface area contributed by atoms with Crippen molar-refractivity contribution < 1.29 is 142 Å². The summed E-state index contributed by atoms with van der Waals surface area (Å²) in [5.74, 6) is -6.61. The molecule has 0 amide bonds. The van der Waals surface area contributed by atoms with E-state index >= 15 is 0 Å². The first kappa shape index (κ1) is 23.9. The number of carbonyl (C=O) groups excluding carboxylic acids is 2. The van der Waals surface area contributed by atoms with Gasteiger partial charge in [-0.3, -0.25) is 0 Å². The Bertz CT molecular complexity index is 722. The molecule has 0 aliphatic rings. The molecule has 0 unspecified atom stereocenters. The zero-order valence-corrected chi connectivity index (χ0v) is 18.9. The van der Waals surface area contributed by atoms with Crippen molar-refractivity contribution in [2.75, 3.05) is 0 Å². The minimum atomic E-state index is -1.77. The van der Waals surface area contributed by atoms with Crippen LogP contribution in [0, 0.1) is 0 Å². The van der Waals surface area contributed by atoms with Gasteiger partial charge in [0.05, 0.1) is 23.1 Å². The maximum atomic E-state index is 11.2. The smallest absolute Gasteiger partial charge is 0.545 e. The molecule has 0 aliphatic heterocycles. The minimum Gasteiger partial charge on any atom is -0.545 e. The fourth-order valence-electron chi connectivity index (χ4n) is 2.19. The molecule has 112 valence electrons.